The van der Waals surface area contributed by atoms with Gasteiger partial charge in [0, 0.05) is 6.20 Å². The fourth-order valence-corrected chi connectivity index (χ4v) is 2.21. The molecule has 0 aliphatic heterocycles. The minimum absolute atomic E-state index is 0.425. The third kappa shape index (κ3) is 2.07. The lowest BCUT2D eigenvalue weighted by Crippen LogP contribution is -1.84. The Hall–Kier alpha value is -1.92. The molecule has 0 bridgehead atoms. The van der Waals surface area contributed by atoms with E-state index in [1.54, 1.807) is 18.2 Å². The molecule has 3 aromatic rings. The minimum Gasteiger partial charge on any atom is -0.391 e. The molecule has 0 atom stereocenters. The first-order chi connectivity index (χ1) is 8.72. The number of nitrogens with zero attached hydrogens (tertiary/aromatic N) is 3. The van der Waals surface area contributed by atoms with Crippen molar-refractivity contribution in [2.24, 2.45) is 0 Å². The molecule has 0 aliphatic rings. The van der Waals surface area contributed by atoms with Gasteiger partial charge >= 0.3 is 0 Å². The number of aromatic nitrogens is 3. The van der Waals surface area contributed by atoms with E-state index in [0.717, 1.165) is 4.88 Å². The van der Waals surface area contributed by atoms with Gasteiger partial charge in [0.05, 0.1) is 14.9 Å². The van der Waals surface area contributed by atoms with Crippen LogP contribution >= 0.6 is 22.9 Å². The fourth-order valence-electron chi connectivity index (χ4n) is 1.40. The molecule has 7 heteroatoms. The Kier molecular flexibility index (Phi) is 2.73. The summed E-state index contributed by atoms with van der Waals surface area (Å²) in [6.07, 6.45) is 1.54. The summed E-state index contributed by atoms with van der Waals surface area (Å²) in [6.45, 7) is 0. The van der Waals surface area contributed by atoms with Crippen LogP contribution in [0.4, 0.5) is 5.00 Å². The van der Waals surface area contributed by atoms with Gasteiger partial charge in [0.25, 0.3) is 5.89 Å². The topological polar surface area (TPSA) is 77.8 Å². The van der Waals surface area contributed by atoms with E-state index in [2.05, 4.69) is 15.1 Å². The van der Waals surface area contributed by atoms with Gasteiger partial charge in [-0.1, -0.05) is 16.8 Å². The van der Waals surface area contributed by atoms with E-state index in [1.807, 2.05) is 6.07 Å². The van der Waals surface area contributed by atoms with Crippen LogP contribution in [0.2, 0.25) is 5.02 Å². The van der Waals surface area contributed by atoms with E-state index < -0.39 is 0 Å². The molecule has 0 spiro atoms. The quantitative estimate of drug-likeness (QED) is 0.779. The molecule has 18 heavy (non-hydrogen) atoms. The number of thiophene rings is 1. The van der Waals surface area contributed by atoms with Crippen molar-refractivity contribution in [3.63, 3.8) is 0 Å². The molecular weight excluding hydrogens is 272 g/mol. The Balaban J connectivity index is 1.96. The molecular formula is C11H7ClN4OS. The van der Waals surface area contributed by atoms with Gasteiger partial charge in [-0.25, -0.2) is 0 Å². The summed E-state index contributed by atoms with van der Waals surface area (Å²) >= 11 is 7.16. The smallest absolute Gasteiger partial charge is 0.268 e. The van der Waals surface area contributed by atoms with Crippen LogP contribution in [0.25, 0.3) is 22.3 Å². The number of hydrogen-bond acceptors (Lipinski definition) is 6. The van der Waals surface area contributed by atoms with Crippen LogP contribution in [0.1, 0.15) is 0 Å². The predicted molar refractivity (Wildman–Crippen MR) is 70.3 cm³/mol. The van der Waals surface area contributed by atoms with Gasteiger partial charge in [-0.2, -0.15) is 4.98 Å². The maximum Gasteiger partial charge on any atom is 0.268 e. The Bertz CT molecular complexity index is 676. The largest absolute Gasteiger partial charge is 0.391 e. The molecule has 0 aromatic carbocycles. The zero-order valence-corrected chi connectivity index (χ0v) is 10.6. The second-order valence-corrected chi connectivity index (χ2v) is 5.04. The maximum atomic E-state index is 5.76. The molecule has 0 unspecified atom stereocenters. The number of rotatable bonds is 2. The first-order valence-corrected chi connectivity index (χ1v) is 6.23. The van der Waals surface area contributed by atoms with Gasteiger partial charge in [-0.05, 0) is 24.3 Å². The molecule has 3 heterocycles. The first-order valence-electron chi connectivity index (χ1n) is 5.04. The molecule has 90 valence electrons. The number of anilines is 1. The van der Waals surface area contributed by atoms with Crippen LogP contribution in [0.15, 0.2) is 35.0 Å². The Morgan fingerprint density at radius 2 is 2.11 bits per heavy atom. The van der Waals surface area contributed by atoms with Crippen molar-refractivity contribution in [1.82, 2.24) is 15.1 Å². The van der Waals surface area contributed by atoms with Gasteiger partial charge in [-0.3, -0.25) is 4.98 Å². The average Bonchev–Trinajstić information content (AvgIpc) is 2.98. The summed E-state index contributed by atoms with van der Waals surface area (Å²) in [5, 5.41) is 5.14. The van der Waals surface area contributed by atoms with E-state index in [9.17, 15) is 0 Å². The third-order valence-electron chi connectivity index (χ3n) is 2.22. The summed E-state index contributed by atoms with van der Waals surface area (Å²) in [4.78, 5) is 9.22. The Morgan fingerprint density at radius 1 is 1.22 bits per heavy atom. The van der Waals surface area contributed by atoms with Crippen LogP contribution in [-0.4, -0.2) is 15.1 Å². The van der Waals surface area contributed by atoms with Crippen molar-refractivity contribution in [3.8, 4) is 22.3 Å². The van der Waals surface area contributed by atoms with Crippen molar-refractivity contribution in [2.45, 2.75) is 0 Å². The fraction of sp³-hybridized carbons (Fsp3) is 0. The standard InChI is InChI=1S/C11H7ClN4OS/c12-6-1-2-7(14-5-6)10-15-11(17-16-10)8-3-4-9(13)18-8/h1-5H,13H2. The monoisotopic (exact) mass is 278 g/mol. The van der Waals surface area contributed by atoms with Crippen LogP contribution in [0, 0.1) is 0 Å². The SMILES string of the molecule is Nc1ccc(-c2nc(-c3ccc(Cl)cn3)no2)s1. The van der Waals surface area contributed by atoms with Gasteiger partial charge in [0.15, 0.2) is 0 Å². The van der Waals surface area contributed by atoms with E-state index in [1.165, 1.54) is 17.5 Å². The highest BCUT2D eigenvalue weighted by atomic mass is 35.5. The highest BCUT2D eigenvalue weighted by Crippen LogP contribution is 2.29. The van der Waals surface area contributed by atoms with Crippen molar-refractivity contribution in [2.75, 3.05) is 5.73 Å². The lowest BCUT2D eigenvalue weighted by Gasteiger charge is -1.92. The summed E-state index contributed by atoms with van der Waals surface area (Å²) in [7, 11) is 0. The van der Waals surface area contributed by atoms with Crippen LogP contribution in [-0.2, 0) is 0 Å². The molecule has 2 N–H and O–H groups in total. The molecule has 3 aromatic heterocycles. The van der Waals surface area contributed by atoms with Crippen molar-refractivity contribution in [3.05, 3.63) is 35.5 Å². The predicted octanol–water partition coefficient (Wildman–Crippen LogP) is 3.10. The number of pyridine rings is 1. The highest BCUT2D eigenvalue weighted by Gasteiger charge is 2.12. The molecule has 0 fully saturated rings. The molecule has 0 saturated carbocycles. The van der Waals surface area contributed by atoms with Gasteiger partial charge in [-0.15, -0.1) is 11.3 Å². The second kappa shape index (κ2) is 4.40. The molecule has 0 aliphatic carbocycles. The first kappa shape index (κ1) is 11.2. The van der Waals surface area contributed by atoms with Crippen molar-refractivity contribution in [1.29, 1.82) is 0 Å². The number of hydrogen-bond donors (Lipinski definition) is 1. The summed E-state index contributed by atoms with van der Waals surface area (Å²) in [6, 6.07) is 7.10. The normalized spacial score (nSPS) is 10.7. The highest BCUT2D eigenvalue weighted by molar-refractivity contribution is 7.19. The number of halogens is 1. The van der Waals surface area contributed by atoms with Gasteiger partial charge in [0.2, 0.25) is 5.82 Å². The molecule has 5 nitrogen and oxygen atoms in total. The van der Waals surface area contributed by atoms with E-state index >= 15 is 0 Å². The zero-order valence-electron chi connectivity index (χ0n) is 9.00. The van der Waals surface area contributed by atoms with E-state index in [0.29, 0.717) is 27.4 Å². The average molecular weight is 279 g/mol. The third-order valence-corrected chi connectivity index (χ3v) is 3.35. The molecule has 3 rings (SSSR count). The maximum absolute atomic E-state index is 5.76. The van der Waals surface area contributed by atoms with Crippen molar-refractivity contribution >= 4 is 27.9 Å². The lowest BCUT2D eigenvalue weighted by molar-refractivity contribution is 0.433. The van der Waals surface area contributed by atoms with Crippen LogP contribution in [0.3, 0.4) is 0 Å². The molecule has 0 saturated heterocycles. The lowest BCUT2D eigenvalue weighted by atomic mass is 10.3. The molecule has 0 amide bonds. The summed E-state index contributed by atoms with van der Waals surface area (Å²) in [5.41, 5.74) is 6.26. The molecule has 0 radical (unpaired) electrons. The van der Waals surface area contributed by atoms with Gasteiger partial charge < -0.3 is 10.3 Å². The van der Waals surface area contributed by atoms with E-state index in [4.69, 9.17) is 21.9 Å². The second-order valence-electron chi connectivity index (χ2n) is 3.49. The van der Waals surface area contributed by atoms with Crippen molar-refractivity contribution < 1.29 is 4.52 Å². The summed E-state index contributed by atoms with van der Waals surface area (Å²) in [5.74, 6) is 0.858. The van der Waals surface area contributed by atoms with E-state index in [-0.39, 0.29) is 0 Å². The Morgan fingerprint density at radius 3 is 2.78 bits per heavy atom. The van der Waals surface area contributed by atoms with Crippen LogP contribution < -0.4 is 5.73 Å². The minimum atomic E-state index is 0.425. The van der Waals surface area contributed by atoms with Gasteiger partial charge in [0.1, 0.15) is 5.69 Å². The summed E-state index contributed by atoms with van der Waals surface area (Å²) < 4.78 is 5.17. The number of nitrogen functional groups attached to an aromatic ring is 1. The Labute approximate surface area is 111 Å². The zero-order chi connectivity index (χ0) is 12.5. The number of nitrogens with two attached hydrogens (primary N) is 1. The van der Waals surface area contributed by atoms with Crippen LogP contribution in [0.5, 0.6) is 0 Å².